The zero-order valence-corrected chi connectivity index (χ0v) is 18.6. The Morgan fingerprint density at radius 1 is 1.19 bits per heavy atom. The molecule has 32 heavy (non-hydrogen) atoms. The van der Waals surface area contributed by atoms with Crippen LogP contribution in [0.1, 0.15) is 55.2 Å². The first-order chi connectivity index (χ1) is 15.6. The molecule has 1 aliphatic rings. The maximum atomic E-state index is 11.8. The average molecular weight is 436 g/mol. The van der Waals surface area contributed by atoms with Crippen LogP contribution in [0.25, 0.3) is 11.5 Å². The van der Waals surface area contributed by atoms with Crippen molar-refractivity contribution in [2.24, 2.45) is 0 Å². The second-order valence-corrected chi connectivity index (χ2v) is 7.99. The predicted molar refractivity (Wildman–Crippen MR) is 121 cm³/mol. The highest BCUT2D eigenvalue weighted by molar-refractivity contribution is 5.71. The van der Waals surface area contributed by atoms with Gasteiger partial charge in [0.2, 0.25) is 5.89 Å². The van der Waals surface area contributed by atoms with Gasteiger partial charge in [-0.05, 0) is 73.2 Å². The highest BCUT2D eigenvalue weighted by Gasteiger charge is 2.25. The molecule has 0 radical (unpaired) electrons. The van der Waals surface area contributed by atoms with Crippen LogP contribution in [0, 0.1) is 0 Å². The van der Waals surface area contributed by atoms with Crippen molar-refractivity contribution in [1.29, 1.82) is 0 Å². The summed E-state index contributed by atoms with van der Waals surface area (Å²) in [5.74, 6) is 2.57. The number of oxazole rings is 1. The monoisotopic (exact) mass is 435 g/mol. The zero-order chi connectivity index (χ0) is 22.5. The first-order valence-electron chi connectivity index (χ1n) is 11.3. The van der Waals surface area contributed by atoms with Gasteiger partial charge in [0.25, 0.3) is 0 Å². The van der Waals surface area contributed by atoms with E-state index in [9.17, 15) is 9.90 Å². The summed E-state index contributed by atoms with van der Waals surface area (Å²) in [6, 6.07) is 13.0. The van der Waals surface area contributed by atoms with Gasteiger partial charge in [0.1, 0.15) is 17.3 Å². The number of carbonyl (C=O) groups excluding carboxylic acids is 1. The Morgan fingerprint density at radius 3 is 2.75 bits per heavy atom. The standard InChI is InChI=1S/C26H29NO5/c1-3-24-23(27-26(32-24)17-7-9-20(28)10-8-17)13-14-31-21-11-12-22-18(15-21)5-6-19(22)16-25(29)30-4-2/h7-12,15,19,28H,3-6,13-14,16H2,1-2H3/t19-/m0/s1. The van der Waals surface area contributed by atoms with E-state index in [1.165, 1.54) is 11.1 Å². The largest absolute Gasteiger partial charge is 0.508 e. The minimum atomic E-state index is -0.128. The second-order valence-electron chi connectivity index (χ2n) is 7.99. The lowest BCUT2D eigenvalue weighted by Gasteiger charge is -2.12. The summed E-state index contributed by atoms with van der Waals surface area (Å²) >= 11 is 0. The number of ether oxygens (including phenoxy) is 2. The van der Waals surface area contributed by atoms with Crippen molar-refractivity contribution in [2.45, 2.75) is 51.9 Å². The smallest absolute Gasteiger partial charge is 0.306 e. The molecule has 6 heteroatoms. The first kappa shape index (κ1) is 21.9. The number of hydrogen-bond acceptors (Lipinski definition) is 6. The van der Waals surface area contributed by atoms with E-state index in [4.69, 9.17) is 13.9 Å². The third kappa shape index (κ3) is 4.96. The Labute approximate surface area is 188 Å². The van der Waals surface area contributed by atoms with E-state index in [0.29, 0.717) is 31.9 Å². The van der Waals surface area contributed by atoms with Crippen molar-refractivity contribution >= 4 is 5.97 Å². The molecule has 1 heterocycles. The summed E-state index contributed by atoms with van der Waals surface area (Å²) in [7, 11) is 0. The molecule has 0 saturated heterocycles. The summed E-state index contributed by atoms with van der Waals surface area (Å²) < 4.78 is 17.0. The summed E-state index contributed by atoms with van der Waals surface area (Å²) in [6.07, 6.45) is 3.76. The van der Waals surface area contributed by atoms with Crippen molar-refractivity contribution in [3.63, 3.8) is 0 Å². The number of phenols is 1. The van der Waals surface area contributed by atoms with Gasteiger partial charge in [0, 0.05) is 18.4 Å². The van der Waals surface area contributed by atoms with Crippen molar-refractivity contribution in [2.75, 3.05) is 13.2 Å². The lowest BCUT2D eigenvalue weighted by molar-refractivity contribution is -0.143. The number of carbonyl (C=O) groups is 1. The Hall–Kier alpha value is -3.28. The third-order valence-corrected chi connectivity index (χ3v) is 5.86. The lowest BCUT2D eigenvalue weighted by atomic mass is 9.98. The third-order valence-electron chi connectivity index (χ3n) is 5.86. The number of fused-ring (bicyclic) bond motifs is 1. The van der Waals surface area contributed by atoms with Crippen LogP contribution in [0.2, 0.25) is 0 Å². The lowest BCUT2D eigenvalue weighted by Crippen LogP contribution is -2.08. The zero-order valence-electron chi connectivity index (χ0n) is 18.6. The van der Waals surface area contributed by atoms with Crippen LogP contribution in [-0.4, -0.2) is 29.3 Å². The van der Waals surface area contributed by atoms with Crippen LogP contribution in [0.15, 0.2) is 46.9 Å². The molecule has 2 aromatic carbocycles. The van der Waals surface area contributed by atoms with Gasteiger partial charge in [-0.15, -0.1) is 0 Å². The minimum Gasteiger partial charge on any atom is -0.508 e. The second kappa shape index (κ2) is 9.90. The number of rotatable bonds is 9. The number of benzene rings is 2. The molecule has 0 amide bonds. The van der Waals surface area contributed by atoms with Gasteiger partial charge in [-0.2, -0.15) is 0 Å². The van der Waals surface area contributed by atoms with Crippen molar-refractivity contribution in [3.05, 3.63) is 65.0 Å². The number of nitrogens with zero attached hydrogens (tertiary/aromatic N) is 1. The van der Waals surface area contributed by atoms with E-state index in [1.807, 2.05) is 19.9 Å². The number of aromatic nitrogens is 1. The Morgan fingerprint density at radius 2 is 2.00 bits per heavy atom. The van der Waals surface area contributed by atoms with E-state index in [0.717, 1.165) is 42.0 Å². The molecular weight excluding hydrogens is 406 g/mol. The number of aromatic hydroxyl groups is 1. The van der Waals surface area contributed by atoms with E-state index in [1.54, 1.807) is 24.3 Å². The van der Waals surface area contributed by atoms with Gasteiger partial charge >= 0.3 is 5.97 Å². The quantitative estimate of drug-likeness (QED) is 0.465. The van der Waals surface area contributed by atoms with Crippen molar-refractivity contribution in [3.8, 4) is 23.0 Å². The Bertz CT molecular complexity index is 1070. The van der Waals surface area contributed by atoms with Gasteiger partial charge in [0.05, 0.1) is 25.3 Å². The normalized spacial score (nSPS) is 14.9. The van der Waals surface area contributed by atoms with Crippen LogP contribution >= 0.6 is 0 Å². The van der Waals surface area contributed by atoms with Gasteiger partial charge in [-0.1, -0.05) is 13.0 Å². The number of aryl methyl sites for hydroxylation is 2. The predicted octanol–water partition coefficient (Wildman–Crippen LogP) is 5.21. The van der Waals surface area contributed by atoms with Crippen LogP contribution in [0.4, 0.5) is 0 Å². The van der Waals surface area contributed by atoms with E-state index < -0.39 is 0 Å². The summed E-state index contributed by atoms with van der Waals surface area (Å²) in [4.78, 5) is 16.5. The molecule has 0 aliphatic heterocycles. The van der Waals surface area contributed by atoms with Crippen molar-refractivity contribution < 1.29 is 23.8 Å². The molecule has 0 fully saturated rings. The molecule has 1 aromatic heterocycles. The maximum absolute atomic E-state index is 11.8. The molecule has 1 N–H and O–H groups in total. The molecule has 0 unspecified atom stereocenters. The fourth-order valence-electron chi connectivity index (χ4n) is 4.25. The molecule has 0 spiro atoms. The summed E-state index contributed by atoms with van der Waals surface area (Å²) in [5.41, 5.74) is 4.21. The summed E-state index contributed by atoms with van der Waals surface area (Å²) in [6.45, 7) is 4.80. The van der Waals surface area contributed by atoms with Crippen molar-refractivity contribution in [1.82, 2.24) is 4.98 Å². The molecule has 0 saturated carbocycles. The van der Waals surface area contributed by atoms with Crippen LogP contribution < -0.4 is 4.74 Å². The molecule has 3 aromatic rings. The topological polar surface area (TPSA) is 81.8 Å². The van der Waals surface area contributed by atoms with E-state index in [-0.39, 0.29) is 17.6 Å². The number of esters is 1. The minimum absolute atomic E-state index is 0.128. The number of hydrogen-bond donors (Lipinski definition) is 1. The fraction of sp³-hybridized carbons (Fsp3) is 0.385. The molecule has 4 rings (SSSR count). The highest BCUT2D eigenvalue weighted by Crippen LogP contribution is 2.37. The molecule has 168 valence electrons. The maximum Gasteiger partial charge on any atom is 0.306 e. The molecule has 1 aliphatic carbocycles. The SMILES string of the molecule is CCOC(=O)C[C@@H]1CCc2cc(OCCc3nc(-c4ccc(O)cc4)oc3CC)ccc21. The van der Waals surface area contributed by atoms with Crippen LogP contribution in [0.5, 0.6) is 11.5 Å². The summed E-state index contributed by atoms with van der Waals surface area (Å²) in [5, 5.41) is 9.48. The van der Waals surface area contributed by atoms with Gasteiger partial charge < -0.3 is 19.0 Å². The van der Waals surface area contributed by atoms with E-state index in [2.05, 4.69) is 17.1 Å². The van der Waals surface area contributed by atoms with Gasteiger partial charge in [0.15, 0.2) is 0 Å². The Balaban J connectivity index is 1.37. The molecule has 0 bridgehead atoms. The molecule has 6 nitrogen and oxygen atoms in total. The first-order valence-corrected chi connectivity index (χ1v) is 11.3. The molecular formula is C26H29NO5. The average Bonchev–Trinajstić information content (AvgIpc) is 3.38. The van der Waals surface area contributed by atoms with E-state index >= 15 is 0 Å². The van der Waals surface area contributed by atoms with Crippen LogP contribution in [0.3, 0.4) is 0 Å². The fourth-order valence-corrected chi connectivity index (χ4v) is 4.25. The van der Waals surface area contributed by atoms with Crippen LogP contribution in [-0.2, 0) is 28.8 Å². The molecule has 1 atom stereocenters. The Kier molecular flexibility index (Phi) is 6.78. The van der Waals surface area contributed by atoms with Gasteiger partial charge in [-0.3, -0.25) is 4.79 Å². The number of phenolic OH excluding ortho intramolecular Hbond substituents is 1. The van der Waals surface area contributed by atoms with Gasteiger partial charge in [-0.25, -0.2) is 4.98 Å². The highest BCUT2D eigenvalue weighted by atomic mass is 16.5.